The summed E-state index contributed by atoms with van der Waals surface area (Å²) < 4.78 is 1.07. The summed E-state index contributed by atoms with van der Waals surface area (Å²) in [6.45, 7) is 4.57. The Labute approximate surface area is 118 Å². The minimum atomic E-state index is 0.175. The molecule has 1 atom stereocenters. The van der Waals surface area contributed by atoms with Gasteiger partial charge in [-0.2, -0.15) is 0 Å². The Morgan fingerprint density at radius 1 is 1.39 bits per heavy atom. The molecule has 1 rings (SSSR count). The summed E-state index contributed by atoms with van der Waals surface area (Å²) in [5, 5.41) is 9.19. The van der Waals surface area contributed by atoms with Gasteiger partial charge in [-0.15, -0.1) is 0 Å². The molecule has 1 aromatic carbocycles. The summed E-state index contributed by atoms with van der Waals surface area (Å²) in [6.07, 6.45) is 2.28. The number of aliphatic hydroxyl groups is 1. The van der Waals surface area contributed by atoms with Crippen molar-refractivity contribution in [3.8, 4) is 0 Å². The van der Waals surface area contributed by atoms with Crippen LogP contribution in [0.5, 0.6) is 0 Å². The van der Waals surface area contributed by atoms with Crippen LogP contribution in [0.2, 0.25) is 0 Å². The van der Waals surface area contributed by atoms with Gasteiger partial charge in [0.2, 0.25) is 0 Å². The van der Waals surface area contributed by atoms with Crippen molar-refractivity contribution in [1.82, 2.24) is 4.90 Å². The summed E-state index contributed by atoms with van der Waals surface area (Å²) >= 11 is 3.49. The first-order chi connectivity index (χ1) is 8.72. The Hall–Kier alpha value is -0.420. The van der Waals surface area contributed by atoms with Gasteiger partial charge in [0.05, 0.1) is 6.61 Å². The fourth-order valence-electron chi connectivity index (χ4n) is 2.12. The van der Waals surface area contributed by atoms with Crippen molar-refractivity contribution in [3.63, 3.8) is 0 Å². The van der Waals surface area contributed by atoms with E-state index in [0.29, 0.717) is 13.1 Å². The zero-order valence-corrected chi connectivity index (χ0v) is 12.6. The molecule has 0 aliphatic heterocycles. The number of nitrogens with two attached hydrogens (primary N) is 1. The molecule has 18 heavy (non-hydrogen) atoms. The third kappa shape index (κ3) is 4.69. The molecule has 1 unspecified atom stereocenters. The molecular weight excluding hydrogens is 292 g/mol. The van der Waals surface area contributed by atoms with E-state index in [2.05, 4.69) is 39.9 Å². The van der Waals surface area contributed by atoms with Crippen molar-refractivity contribution in [2.24, 2.45) is 5.73 Å². The van der Waals surface area contributed by atoms with Crippen LogP contribution >= 0.6 is 15.9 Å². The Kier molecular flexibility index (Phi) is 7.51. The molecule has 0 saturated carbocycles. The van der Waals surface area contributed by atoms with Gasteiger partial charge in [-0.25, -0.2) is 0 Å². The van der Waals surface area contributed by atoms with Gasteiger partial charge in [0.15, 0.2) is 0 Å². The van der Waals surface area contributed by atoms with Crippen molar-refractivity contribution in [2.75, 3.05) is 26.2 Å². The van der Waals surface area contributed by atoms with E-state index in [9.17, 15) is 5.11 Å². The minimum Gasteiger partial charge on any atom is -0.395 e. The molecular formula is C14H23BrN2O. The standard InChI is InChI=1S/C14H23BrN2O/c1-2-3-7-17(8-9-18)14(11-16)12-5-4-6-13(15)10-12/h4-6,10,14,18H,2-3,7-9,11,16H2,1H3. The molecule has 3 N–H and O–H groups in total. The molecule has 0 aromatic heterocycles. The van der Waals surface area contributed by atoms with E-state index >= 15 is 0 Å². The molecule has 0 aliphatic carbocycles. The van der Waals surface area contributed by atoms with Gasteiger partial charge >= 0.3 is 0 Å². The summed E-state index contributed by atoms with van der Waals surface area (Å²) in [4.78, 5) is 2.27. The largest absolute Gasteiger partial charge is 0.395 e. The van der Waals surface area contributed by atoms with Gasteiger partial charge in [0.25, 0.3) is 0 Å². The van der Waals surface area contributed by atoms with Crippen LogP contribution in [-0.4, -0.2) is 36.2 Å². The zero-order valence-electron chi connectivity index (χ0n) is 11.0. The minimum absolute atomic E-state index is 0.175. The molecule has 3 nitrogen and oxygen atoms in total. The fraction of sp³-hybridized carbons (Fsp3) is 0.571. The van der Waals surface area contributed by atoms with Crippen LogP contribution in [0.3, 0.4) is 0 Å². The monoisotopic (exact) mass is 314 g/mol. The third-order valence-electron chi connectivity index (χ3n) is 3.08. The Morgan fingerprint density at radius 3 is 2.72 bits per heavy atom. The van der Waals surface area contributed by atoms with Gasteiger partial charge in [-0.1, -0.05) is 41.4 Å². The molecule has 102 valence electrons. The second kappa shape index (κ2) is 8.64. The highest BCUT2D eigenvalue weighted by molar-refractivity contribution is 9.10. The van der Waals surface area contributed by atoms with E-state index in [0.717, 1.165) is 23.9 Å². The highest BCUT2D eigenvalue weighted by Crippen LogP contribution is 2.23. The van der Waals surface area contributed by atoms with Crippen molar-refractivity contribution >= 4 is 15.9 Å². The topological polar surface area (TPSA) is 49.5 Å². The first kappa shape index (κ1) is 15.6. The van der Waals surface area contributed by atoms with Crippen LogP contribution in [0.4, 0.5) is 0 Å². The lowest BCUT2D eigenvalue weighted by Crippen LogP contribution is -2.36. The van der Waals surface area contributed by atoms with Crippen LogP contribution in [0.1, 0.15) is 31.4 Å². The Balaban J connectivity index is 2.83. The van der Waals surface area contributed by atoms with Crippen LogP contribution in [0.15, 0.2) is 28.7 Å². The molecule has 0 fully saturated rings. The summed E-state index contributed by atoms with van der Waals surface area (Å²) in [5.74, 6) is 0. The average molecular weight is 315 g/mol. The molecule has 0 bridgehead atoms. The number of unbranched alkanes of at least 4 members (excludes halogenated alkanes) is 1. The lowest BCUT2D eigenvalue weighted by Gasteiger charge is -2.30. The van der Waals surface area contributed by atoms with E-state index in [-0.39, 0.29) is 12.6 Å². The highest BCUT2D eigenvalue weighted by atomic mass is 79.9. The van der Waals surface area contributed by atoms with E-state index in [1.807, 2.05) is 12.1 Å². The van der Waals surface area contributed by atoms with Crippen LogP contribution in [-0.2, 0) is 0 Å². The van der Waals surface area contributed by atoms with Gasteiger partial charge in [0.1, 0.15) is 0 Å². The van der Waals surface area contributed by atoms with E-state index in [1.165, 1.54) is 5.56 Å². The quantitative estimate of drug-likeness (QED) is 0.775. The first-order valence-corrected chi connectivity index (χ1v) is 7.32. The van der Waals surface area contributed by atoms with Crippen molar-refractivity contribution < 1.29 is 5.11 Å². The van der Waals surface area contributed by atoms with Crippen LogP contribution in [0, 0.1) is 0 Å². The number of nitrogens with zero attached hydrogens (tertiary/aromatic N) is 1. The van der Waals surface area contributed by atoms with E-state index < -0.39 is 0 Å². The smallest absolute Gasteiger partial charge is 0.0558 e. The molecule has 0 aliphatic rings. The maximum atomic E-state index is 9.19. The second-order valence-electron chi connectivity index (χ2n) is 4.42. The number of halogens is 1. The second-order valence-corrected chi connectivity index (χ2v) is 5.34. The third-order valence-corrected chi connectivity index (χ3v) is 3.58. The number of hydrogen-bond acceptors (Lipinski definition) is 3. The molecule has 0 saturated heterocycles. The maximum absolute atomic E-state index is 9.19. The van der Waals surface area contributed by atoms with Crippen LogP contribution in [0.25, 0.3) is 0 Å². The lowest BCUT2D eigenvalue weighted by molar-refractivity contribution is 0.151. The fourth-order valence-corrected chi connectivity index (χ4v) is 2.54. The van der Waals surface area contributed by atoms with Crippen LogP contribution < -0.4 is 5.73 Å². The number of aliphatic hydroxyl groups excluding tert-OH is 1. The number of rotatable bonds is 8. The predicted octanol–water partition coefficient (Wildman–Crippen LogP) is 2.54. The van der Waals surface area contributed by atoms with Gasteiger partial charge in [0, 0.05) is 23.6 Å². The first-order valence-electron chi connectivity index (χ1n) is 6.53. The van der Waals surface area contributed by atoms with Gasteiger partial charge in [-0.05, 0) is 30.7 Å². The molecule has 1 aromatic rings. The van der Waals surface area contributed by atoms with Crippen molar-refractivity contribution in [1.29, 1.82) is 0 Å². The van der Waals surface area contributed by atoms with E-state index in [1.54, 1.807) is 0 Å². The lowest BCUT2D eigenvalue weighted by atomic mass is 10.0. The normalized spacial score (nSPS) is 12.9. The molecule has 0 heterocycles. The number of hydrogen-bond donors (Lipinski definition) is 2. The van der Waals surface area contributed by atoms with Crippen molar-refractivity contribution in [2.45, 2.75) is 25.8 Å². The predicted molar refractivity (Wildman–Crippen MR) is 79.5 cm³/mol. The van der Waals surface area contributed by atoms with Crippen molar-refractivity contribution in [3.05, 3.63) is 34.3 Å². The number of benzene rings is 1. The molecule has 0 spiro atoms. The SMILES string of the molecule is CCCCN(CCO)C(CN)c1cccc(Br)c1. The zero-order chi connectivity index (χ0) is 13.4. The van der Waals surface area contributed by atoms with E-state index in [4.69, 9.17) is 5.73 Å². The highest BCUT2D eigenvalue weighted by Gasteiger charge is 2.18. The molecule has 0 amide bonds. The Bertz CT molecular complexity index is 346. The average Bonchev–Trinajstić information content (AvgIpc) is 2.37. The van der Waals surface area contributed by atoms with Gasteiger partial charge < -0.3 is 10.8 Å². The maximum Gasteiger partial charge on any atom is 0.0558 e. The molecule has 0 radical (unpaired) electrons. The summed E-state index contributed by atoms with van der Waals surface area (Å²) in [5.41, 5.74) is 7.12. The molecule has 4 heteroatoms. The summed E-state index contributed by atoms with van der Waals surface area (Å²) in [6, 6.07) is 8.42. The van der Waals surface area contributed by atoms with Gasteiger partial charge in [-0.3, -0.25) is 4.90 Å². The summed E-state index contributed by atoms with van der Waals surface area (Å²) in [7, 11) is 0. The Morgan fingerprint density at radius 2 is 2.17 bits per heavy atom.